The molecular formula is C20H22N2O2. The summed E-state index contributed by atoms with van der Waals surface area (Å²) >= 11 is 0. The van der Waals surface area contributed by atoms with Crippen molar-refractivity contribution in [3.8, 4) is 17.0 Å². The van der Waals surface area contributed by atoms with Crippen molar-refractivity contribution in [1.82, 2.24) is 10.1 Å². The van der Waals surface area contributed by atoms with Crippen molar-refractivity contribution in [3.63, 3.8) is 0 Å². The minimum absolute atomic E-state index is 0.294. The van der Waals surface area contributed by atoms with Gasteiger partial charge in [-0.1, -0.05) is 48.3 Å². The van der Waals surface area contributed by atoms with Crippen LogP contribution in [-0.2, 0) is 6.54 Å². The van der Waals surface area contributed by atoms with Crippen LogP contribution in [0.2, 0.25) is 0 Å². The Hall–Kier alpha value is -2.33. The number of rotatable bonds is 3. The lowest BCUT2D eigenvalue weighted by Gasteiger charge is -2.20. The van der Waals surface area contributed by atoms with Crippen LogP contribution in [0.1, 0.15) is 31.2 Å². The smallest absolute Gasteiger partial charge is 0.175 e. The van der Waals surface area contributed by atoms with E-state index in [0.29, 0.717) is 17.9 Å². The van der Waals surface area contributed by atoms with E-state index < -0.39 is 0 Å². The maximum atomic E-state index is 10.4. The highest BCUT2D eigenvalue weighted by molar-refractivity contribution is 5.94. The molecule has 1 fully saturated rings. The average molecular weight is 322 g/mol. The molecule has 1 aromatic heterocycles. The molecule has 1 N–H and O–H groups in total. The molecule has 0 bridgehead atoms. The lowest BCUT2D eigenvalue weighted by molar-refractivity contribution is 0.272. The summed E-state index contributed by atoms with van der Waals surface area (Å²) in [6.45, 7) is 2.87. The molecule has 1 aliphatic heterocycles. The topological polar surface area (TPSA) is 49.5 Å². The highest BCUT2D eigenvalue weighted by Gasteiger charge is 2.19. The van der Waals surface area contributed by atoms with Crippen molar-refractivity contribution in [3.05, 3.63) is 48.0 Å². The molecule has 1 aliphatic rings. The highest BCUT2D eigenvalue weighted by atomic mass is 16.5. The first-order chi connectivity index (χ1) is 11.8. The zero-order valence-electron chi connectivity index (χ0n) is 13.7. The standard InChI is InChI=1S/C20H22N2O2/c23-18-11-10-16-19(15-8-4-3-5-9-15)21-24-20(16)17(18)14-22-12-6-1-2-7-13-22/h3-5,8-11,23H,1-2,6-7,12-14H2. The fourth-order valence-electron chi connectivity index (χ4n) is 3.52. The molecule has 0 saturated carbocycles. The average Bonchev–Trinajstić information content (AvgIpc) is 2.87. The van der Waals surface area contributed by atoms with Gasteiger partial charge in [0.25, 0.3) is 0 Å². The van der Waals surface area contributed by atoms with Gasteiger partial charge >= 0.3 is 0 Å². The van der Waals surface area contributed by atoms with Gasteiger partial charge in [-0.3, -0.25) is 4.90 Å². The monoisotopic (exact) mass is 322 g/mol. The minimum Gasteiger partial charge on any atom is -0.507 e. The van der Waals surface area contributed by atoms with Crippen molar-refractivity contribution in [2.24, 2.45) is 0 Å². The molecule has 4 heteroatoms. The Kier molecular flexibility index (Phi) is 4.22. The second-order valence-corrected chi connectivity index (χ2v) is 6.53. The number of likely N-dealkylation sites (tertiary alicyclic amines) is 1. The first kappa shape index (κ1) is 15.2. The van der Waals surface area contributed by atoms with Crippen LogP contribution in [0.15, 0.2) is 47.0 Å². The fourth-order valence-corrected chi connectivity index (χ4v) is 3.52. The van der Waals surface area contributed by atoms with Crippen LogP contribution in [0.4, 0.5) is 0 Å². The van der Waals surface area contributed by atoms with Crippen LogP contribution in [-0.4, -0.2) is 28.3 Å². The van der Waals surface area contributed by atoms with Crippen LogP contribution >= 0.6 is 0 Å². The third-order valence-corrected chi connectivity index (χ3v) is 4.85. The molecule has 0 unspecified atom stereocenters. The summed E-state index contributed by atoms with van der Waals surface area (Å²) in [7, 11) is 0. The van der Waals surface area contributed by atoms with Crippen LogP contribution in [0.25, 0.3) is 22.2 Å². The highest BCUT2D eigenvalue weighted by Crippen LogP contribution is 2.34. The molecule has 24 heavy (non-hydrogen) atoms. The van der Waals surface area contributed by atoms with Crippen molar-refractivity contribution in [2.45, 2.75) is 32.2 Å². The van der Waals surface area contributed by atoms with Crippen LogP contribution < -0.4 is 0 Å². The van der Waals surface area contributed by atoms with E-state index in [0.717, 1.165) is 35.3 Å². The van der Waals surface area contributed by atoms with E-state index in [9.17, 15) is 5.11 Å². The quantitative estimate of drug-likeness (QED) is 0.767. The van der Waals surface area contributed by atoms with E-state index in [1.165, 1.54) is 25.7 Å². The van der Waals surface area contributed by atoms with Gasteiger partial charge in [-0.25, -0.2) is 0 Å². The molecule has 0 atom stereocenters. The lowest BCUT2D eigenvalue weighted by Crippen LogP contribution is -2.24. The van der Waals surface area contributed by atoms with Crippen LogP contribution in [0.3, 0.4) is 0 Å². The third kappa shape index (κ3) is 2.89. The van der Waals surface area contributed by atoms with Gasteiger partial charge in [0, 0.05) is 12.1 Å². The molecule has 1 saturated heterocycles. The van der Waals surface area contributed by atoms with Crippen LogP contribution in [0.5, 0.6) is 5.75 Å². The number of aromatic hydroxyl groups is 1. The first-order valence-electron chi connectivity index (χ1n) is 8.71. The van der Waals surface area contributed by atoms with Gasteiger partial charge in [0.2, 0.25) is 0 Å². The van der Waals surface area contributed by atoms with Gasteiger partial charge in [-0.2, -0.15) is 0 Å². The number of fused-ring (bicyclic) bond motifs is 1. The Morgan fingerprint density at radius 2 is 1.71 bits per heavy atom. The second kappa shape index (κ2) is 6.65. The van der Waals surface area contributed by atoms with Crippen molar-refractivity contribution in [2.75, 3.05) is 13.1 Å². The summed E-state index contributed by atoms with van der Waals surface area (Å²) in [5, 5.41) is 15.6. The summed E-state index contributed by atoms with van der Waals surface area (Å²) in [4.78, 5) is 2.41. The molecule has 0 radical (unpaired) electrons. The van der Waals surface area contributed by atoms with Gasteiger partial charge in [-0.05, 0) is 38.1 Å². The molecule has 124 valence electrons. The van der Waals surface area contributed by atoms with Gasteiger partial charge in [-0.15, -0.1) is 0 Å². The zero-order chi connectivity index (χ0) is 16.4. The number of hydrogen-bond donors (Lipinski definition) is 1. The Morgan fingerprint density at radius 1 is 0.958 bits per heavy atom. The SMILES string of the molecule is Oc1ccc2c(-c3ccccc3)noc2c1CN1CCCCCC1. The van der Waals surface area contributed by atoms with Gasteiger partial charge < -0.3 is 9.63 Å². The first-order valence-corrected chi connectivity index (χ1v) is 8.71. The molecule has 0 aliphatic carbocycles. The number of phenolic OH excluding ortho intramolecular Hbond substituents is 1. The van der Waals surface area contributed by atoms with E-state index in [2.05, 4.69) is 10.1 Å². The Balaban J connectivity index is 1.73. The molecule has 0 spiro atoms. The summed E-state index contributed by atoms with van der Waals surface area (Å²) in [5.74, 6) is 0.294. The summed E-state index contributed by atoms with van der Waals surface area (Å²) in [6.07, 6.45) is 5.05. The fraction of sp³-hybridized carbons (Fsp3) is 0.350. The number of hydrogen-bond acceptors (Lipinski definition) is 4. The van der Waals surface area contributed by atoms with Crippen molar-refractivity contribution >= 4 is 11.0 Å². The van der Waals surface area contributed by atoms with E-state index in [1.807, 2.05) is 36.4 Å². The maximum absolute atomic E-state index is 10.4. The summed E-state index contributed by atoms with van der Waals surface area (Å²) < 4.78 is 5.65. The Morgan fingerprint density at radius 3 is 2.46 bits per heavy atom. The summed E-state index contributed by atoms with van der Waals surface area (Å²) in [5.41, 5.74) is 3.42. The van der Waals surface area contributed by atoms with E-state index in [4.69, 9.17) is 4.52 Å². The molecule has 0 amide bonds. The van der Waals surface area contributed by atoms with Gasteiger partial charge in [0.1, 0.15) is 11.4 Å². The molecule has 4 nitrogen and oxygen atoms in total. The molecule has 2 heterocycles. The largest absolute Gasteiger partial charge is 0.507 e. The number of aromatic nitrogens is 1. The molecule has 3 aromatic rings. The normalized spacial score (nSPS) is 16.3. The predicted molar refractivity (Wildman–Crippen MR) is 94.9 cm³/mol. The van der Waals surface area contributed by atoms with E-state index in [-0.39, 0.29) is 0 Å². The number of nitrogens with zero attached hydrogens (tertiary/aromatic N) is 2. The Labute approximate surface area is 141 Å². The van der Waals surface area contributed by atoms with Gasteiger partial charge in [0.05, 0.1) is 10.9 Å². The van der Waals surface area contributed by atoms with Crippen molar-refractivity contribution in [1.29, 1.82) is 0 Å². The van der Waals surface area contributed by atoms with Crippen molar-refractivity contribution < 1.29 is 9.63 Å². The second-order valence-electron chi connectivity index (χ2n) is 6.53. The Bertz CT molecular complexity index is 818. The van der Waals surface area contributed by atoms with Crippen LogP contribution in [0, 0.1) is 0 Å². The molecular weight excluding hydrogens is 300 g/mol. The number of benzene rings is 2. The van der Waals surface area contributed by atoms with E-state index in [1.54, 1.807) is 6.07 Å². The van der Waals surface area contributed by atoms with Gasteiger partial charge in [0.15, 0.2) is 5.58 Å². The third-order valence-electron chi connectivity index (χ3n) is 4.85. The minimum atomic E-state index is 0.294. The lowest BCUT2D eigenvalue weighted by atomic mass is 10.0. The summed E-state index contributed by atoms with van der Waals surface area (Å²) in [6, 6.07) is 13.7. The molecule has 4 rings (SSSR count). The van der Waals surface area contributed by atoms with E-state index >= 15 is 0 Å². The number of phenols is 1. The maximum Gasteiger partial charge on any atom is 0.175 e. The zero-order valence-corrected chi connectivity index (χ0v) is 13.7. The molecule has 2 aromatic carbocycles. The predicted octanol–water partition coefficient (Wildman–Crippen LogP) is 4.58.